The van der Waals surface area contributed by atoms with Crippen molar-refractivity contribution in [1.29, 1.82) is 0 Å². The van der Waals surface area contributed by atoms with Crippen LogP contribution >= 0.6 is 35.3 Å². The Bertz CT molecular complexity index is 978. The van der Waals surface area contributed by atoms with Gasteiger partial charge in [0.25, 0.3) is 11.8 Å². The number of thiocarbonyl (C=S) groups is 1. The summed E-state index contributed by atoms with van der Waals surface area (Å²) in [5.41, 5.74) is 6.37. The van der Waals surface area contributed by atoms with Gasteiger partial charge in [0, 0.05) is 23.4 Å². The molecule has 14 heteroatoms. The van der Waals surface area contributed by atoms with Crippen molar-refractivity contribution in [3.05, 3.63) is 22.3 Å². The largest absolute Gasteiger partial charge is 1.00 e. The van der Waals surface area contributed by atoms with Crippen molar-refractivity contribution >= 4 is 63.0 Å². The van der Waals surface area contributed by atoms with Gasteiger partial charge >= 0.3 is 29.6 Å². The van der Waals surface area contributed by atoms with E-state index in [9.17, 15) is 19.9 Å². The molecule has 3 aliphatic rings. The number of hydrogen-bond donors (Lipinski definition) is 3. The Hall–Kier alpha value is -1.22. The molecule has 2 saturated heterocycles. The van der Waals surface area contributed by atoms with Crippen LogP contribution in [0.3, 0.4) is 0 Å². The first-order chi connectivity index (χ1) is 14.9. The van der Waals surface area contributed by atoms with Gasteiger partial charge in [0.15, 0.2) is 10.8 Å². The number of β-lactam (4-membered cyclic amide) rings is 1. The van der Waals surface area contributed by atoms with E-state index in [2.05, 4.69) is 15.5 Å². The van der Waals surface area contributed by atoms with Crippen molar-refractivity contribution in [3.8, 4) is 0 Å². The van der Waals surface area contributed by atoms with Crippen LogP contribution < -0.4 is 45.7 Å². The number of carbonyl (C=O) groups excluding carboxylic acids is 2. The number of carbonyl (C=O) groups is 2. The maximum absolute atomic E-state index is 12.8. The number of nitrogens with one attached hydrogen (secondary N) is 1. The molecule has 0 saturated carbocycles. The molecular weight excluding hydrogens is 485 g/mol. The van der Waals surface area contributed by atoms with E-state index in [-0.39, 0.29) is 57.9 Å². The molecule has 0 bridgehead atoms. The second-order valence-corrected chi connectivity index (χ2v) is 9.68. The van der Waals surface area contributed by atoms with E-state index in [1.165, 1.54) is 22.0 Å². The number of anilines is 1. The van der Waals surface area contributed by atoms with Crippen LogP contribution in [-0.2, 0) is 14.3 Å². The van der Waals surface area contributed by atoms with Crippen LogP contribution in [-0.4, -0.2) is 67.5 Å². The zero-order valence-electron chi connectivity index (χ0n) is 17.3. The van der Waals surface area contributed by atoms with Crippen molar-refractivity contribution in [3.63, 3.8) is 0 Å². The number of hydrogen-bond acceptors (Lipinski definition) is 11. The van der Waals surface area contributed by atoms with E-state index in [0.717, 1.165) is 36.2 Å². The second kappa shape index (κ2) is 10.8. The summed E-state index contributed by atoms with van der Waals surface area (Å²) >= 11 is 7.45. The summed E-state index contributed by atoms with van der Waals surface area (Å²) in [5, 5.41) is 27.7. The first-order valence-corrected chi connectivity index (χ1v) is 12.0. The van der Waals surface area contributed by atoms with Crippen LogP contribution in [0.15, 0.2) is 21.8 Å². The molecule has 1 aromatic rings. The van der Waals surface area contributed by atoms with E-state index >= 15 is 0 Å². The smallest absolute Gasteiger partial charge is 0.863 e. The number of rotatable bonds is 6. The van der Waals surface area contributed by atoms with Gasteiger partial charge in [-0.3, -0.25) is 14.5 Å². The van der Waals surface area contributed by atoms with Crippen LogP contribution in [0.25, 0.3) is 0 Å². The van der Waals surface area contributed by atoms with E-state index in [1.807, 2.05) is 0 Å². The van der Waals surface area contributed by atoms with Crippen molar-refractivity contribution in [1.82, 2.24) is 15.2 Å². The summed E-state index contributed by atoms with van der Waals surface area (Å²) in [6, 6.07) is -0.873. The van der Waals surface area contributed by atoms with E-state index in [4.69, 9.17) is 22.7 Å². The molecule has 4 heterocycles. The molecule has 3 aliphatic heterocycles. The number of thioether (sulfide) groups is 1. The number of nitrogens with zero attached hydrogens (tertiary/aromatic N) is 3. The molecule has 10 nitrogen and oxygen atoms in total. The second-order valence-electron chi connectivity index (χ2n) is 7.31. The first kappa shape index (κ1) is 25.4. The summed E-state index contributed by atoms with van der Waals surface area (Å²) in [7, 11) is 0. The molecule has 0 radical (unpaired) electrons. The standard InChI is InChI=1S/C18H21N5O5S3.Na/c19-18-20-10(7-31-18)11(22-27)14(24)21-12-15(25)23-13(17(26)29)8(6-30-16(12)23)5-9-3-1-2-4-28-9;/h7,9,12,16,27H,1-6H2,(H2,19,20)(H,21,24)(H,26,29);/q;+1/p-1/b22-11-;/t9?,12?,16-;/m1./s1. The Morgan fingerprint density at radius 3 is 2.88 bits per heavy atom. The molecule has 2 amide bonds. The molecule has 1 aromatic heterocycles. The average molecular weight is 506 g/mol. The molecule has 32 heavy (non-hydrogen) atoms. The van der Waals surface area contributed by atoms with Gasteiger partial charge in [-0.25, -0.2) is 4.98 Å². The van der Waals surface area contributed by atoms with Crippen molar-refractivity contribution in [2.24, 2.45) is 5.16 Å². The monoisotopic (exact) mass is 505 g/mol. The number of thiazole rings is 1. The van der Waals surface area contributed by atoms with Gasteiger partial charge in [-0.2, -0.15) is 0 Å². The SMILES string of the molecule is Nc1nc(/C(=N/O)C(=O)NC2C(=O)N3C(C([O-])=S)=C(CC4CCCCO4)CS[C@H]23)cs1.[Na+]. The summed E-state index contributed by atoms with van der Waals surface area (Å²) in [6.45, 7) is 0.695. The van der Waals surface area contributed by atoms with Crippen LogP contribution in [0.5, 0.6) is 0 Å². The van der Waals surface area contributed by atoms with Gasteiger partial charge in [-0.15, -0.1) is 23.1 Å². The number of amides is 2. The predicted octanol–water partition coefficient (Wildman–Crippen LogP) is -2.79. The number of oxime groups is 1. The Morgan fingerprint density at radius 1 is 1.50 bits per heavy atom. The maximum atomic E-state index is 12.8. The third-order valence-corrected chi connectivity index (χ3v) is 7.56. The Kier molecular flexibility index (Phi) is 8.58. The molecule has 2 fully saturated rings. The third-order valence-electron chi connectivity index (χ3n) is 5.35. The average Bonchev–Trinajstić information content (AvgIpc) is 3.18. The van der Waals surface area contributed by atoms with E-state index in [1.54, 1.807) is 0 Å². The molecule has 0 aromatic carbocycles. The zero-order chi connectivity index (χ0) is 22.1. The fraction of sp³-hybridized carbons (Fsp3) is 0.500. The molecular formula is C18H20N5NaO5S3. The maximum Gasteiger partial charge on any atom is 1.00 e. The predicted molar refractivity (Wildman–Crippen MR) is 118 cm³/mol. The van der Waals surface area contributed by atoms with Gasteiger partial charge in [-0.1, -0.05) is 17.4 Å². The van der Waals surface area contributed by atoms with Gasteiger partial charge in [0.05, 0.1) is 6.10 Å². The number of nitrogens with two attached hydrogens (primary N) is 1. The van der Waals surface area contributed by atoms with E-state index < -0.39 is 28.3 Å². The fourth-order valence-electron chi connectivity index (χ4n) is 3.89. The number of aromatic nitrogens is 1. The summed E-state index contributed by atoms with van der Waals surface area (Å²) < 4.78 is 5.77. The van der Waals surface area contributed by atoms with Crippen LogP contribution in [0, 0.1) is 0 Å². The minimum Gasteiger partial charge on any atom is -0.863 e. The summed E-state index contributed by atoms with van der Waals surface area (Å²) in [5.74, 6) is -0.680. The molecule has 3 atom stereocenters. The molecule has 166 valence electrons. The first-order valence-electron chi connectivity index (χ1n) is 9.64. The summed E-state index contributed by atoms with van der Waals surface area (Å²) in [4.78, 5) is 30.7. The van der Waals surface area contributed by atoms with Crippen molar-refractivity contribution in [2.75, 3.05) is 18.1 Å². The molecule has 0 spiro atoms. The molecule has 4 N–H and O–H groups in total. The minimum absolute atomic E-state index is 0. The van der Waals surface area contributed by atoms with E-state index in [0.29, 0.717) is 18.8 Å². The van der Waals surface area contributed by atoms with Gasteiger partial charge < -0.3 is 26.1 Å². The fourth-order valence-corrected chi connectivity index (χ4v) is 6.04. The van der Waals surface area contributed by atoms with Gasteiger partial charge in [0.1, 0.15) is 17.1 Å². The number of ether oxygens (including phenoxy) is 1. The number of fused-ring (bicyclic) bond motifs is 1. The summed E-state index contributed by atoms with van der Waals surface area (Å²) in [6.07, 6.45) is 3.59. The normalized spacial score (nSPS) is 25.5. The van der Waals surface area contributed by atoms with Crippen LogP contribution in [0.2, 0.25) is 0 Å². The van der Waals surface area contributed by atoms with Gasteiger partial charge in [0.2, 0.25) is 0 Å². The Balaban J connectivity index is 0.00000289. The van der Waals surface area contributed by atoms with Crippen molar-refractivity contribution in [2.45, 2.75) is 43.2 Å². The zero-order valence-corrected chi connectivity index (χ0v) is 21.7. The van der Waals surface area contributed by atoms with Crippen LogP contribution in [0.1, 0.15) is 31.4 Å². The van der Waals surface area contributed by atoms with Crippen molar-refractivity contribution < 1.29 is 54.2 Å². The third kappa shape index (κ3) is 4.98. The molecule has 0 aliphatic carbocycles. The van der Waals surface area contributed by atoms with Gasteiger partial charge in [-0.05, 0) is 36.3 Å². The molecule has 2 unspecified atom stereocenters. The Morgan fingerprint density at radius 2 is 2.28 bits per heavy atom. The topological polar surface area (TPSA) is 153 Å². The minimum atomic E-state index is -0.873. The quantitative estimate of drug-likeness (QED) is 0.0930. The number of nitrogen functional groups attached to an aromatic ring is 1. The van der Waals surface area contributed by atoms with Crippen LogP contribution in [0.4, 0.5) is 5.13 Å². The Labute approximate surface area is 219 Å². The molecule has 4 rings (SSSR count).